The van der Waals surface area contributed by atoms with E-state index < -0.39 is 5.82 Å². The zero-order valence-corrected chi connectivity index (χ0v) is 11.6. The Morgan fingerprint density at radius 1 is 1.14 bits per heavy atom. The maximum absolute atomic E-state index is 13.9. The maximum Gasteiger partial charge on any atom is 0.131 e. The monoisotopic (exact) mass is 287 g/mol. The molecule has 0 amide bonds. The van der Waals surface area contributed by atoms with Gasteiger partial charge in [-0.25, -0.2) is 8.78 Å². The van der Waals surface area contributed by atoms with Crippen LogP contribution in [0.4, 0.5) is 8.78 Å². The highest BCUT2D eigenvalue weighted by molar-refractivity contribution is 5.37. The van der Waals surface area contributed by atoms with Crippen LogP contribution in [0.25, 0.3) is 0 Å². The molecule has 0 aromatic heterocycles. The van der Waals surface area contributed by atoms with Crippen LogP contribution in [0, 0.1) is 30.4 Å². The quantitative estimate of drug-likeness (QED) is 0.880. The summed E-state index contributed by atoms with van der Waals surface area (Å²) >= 11 is 0. The van der Waals surface area contributed by atoms with Gasteiger partial charge in [0, 0.05) is 11.1 Å². The molecule has 0 saturated carbocycles. The number of hydrogen-bond donors (Lipinski definition) is 1. The Bertz CT molecular complexity index is 702. The van der Waals surface area contributed by atoms with E-state index in [2.05, 4.69) is 11.8 Å². The van der Waals surface area contributed by atoms with Crippen LogP contribution in [-0.2, 0) is 6.61 Å². The Morgan fingerprint density at radius 2 is 1.95 bits per heavy atom. The third-order valence-corrected chi connectivity index (χ3v) is 2.91. The molecule has 0 radical (unpaired) electrons. The average molecular weight is 287 g/mol. The predicted molar refractivity (Wildman–Crippen MR) is 77.8 cm³/mol. The SMILES string of the molecule is Cc1cc(F)ccc1OCc1ccc(C#CCN)cc1F. The standard InChI is InChI=1S/C17H15F2NO/c1-12-9-15(18)6-7-17(12)21-11-14-5-4-13(3-2-8-20)10-16(14)19/h4-7,9-10H,8,11,20H2,1H3. The summed E-state index contributed by atoms with van der Waals surface area (Å²) in [5.41, 5.74) is 6.92. The van der Waals surface area contributed by atoms with Crippen LogP contribution in [0.2, 0.25) is 0 Å². The molecule has 0 saturated heterocycles. The molecule has 0 atom stereocenters. The smallest absolute Gasteiger partial charge is 0.131 e. The molecule has 0 spiro atoms. The van der Waals surface area contributed by atoms with Crippen molar-refractivity contribution < 1.29 is 13.5 Å². The Labute approximate surface area is 122 Å². The van der Waals surface area contributed by atoms with Gasteiger partial charge in [-0.1, -0.05) is 17.9 Å². The molecule has 0 aliphatic heterocycles. The van der Waals surface area contributed by atoms with Gasteiger partial charge in [-0.2, -0.15) is 0 Å². The molecule has 2 N–H and O–H groups in total. The van der Waals surface area contributed by atoms with Crippen molar-refractivity contribution in [1.82, 2.24) is 0 Å². The molecule has 2 aromatic rings. The van der Waals surface area contributed by atoms with E-state index in [1.165, 1.54) is 24.3 Å². The molecule has 108 valence electrons. The molecule has 4 heteroatoms. The van der Waals surface area contributed by atoms with Crippen molar-refractivity contribution in [1.29, 1.82) is 0 Å². The van der Waals surface area contributed by atoms with Crippen LogP contribution >= 0.6 is 0 Å². The molecule has 0 aliphatic rings. The number of benzene rings is 2. The second kappa shape index (κ2) is 6.87. The van der Waals surface area contributed by atoms with E-state index in [9.17, 15) is 8.78 Å². The zero-order chi connectivity index (χ0) is 15.2. The van der Waals surface area contributed by atoms with Gasteiger partial charge in [-0.3, -0.25) is 0 Å². The van der Waals surface area contributed by atoms with Crippen LogP contribution in [0.15, 0.2) is 36.4 Å². The van der Waals surface area contributed by atoms with Crippen LogP contribution in [-0.4, -0.2) is 6.54 Å². The van der Waals surface area contributed by atoms with E-state index in [1.54, 1.807) is 19.1 Å². The minimum atomic E-state index is -0.390. The predicted octanol–water partition coefficient (Wildman–Crippen LogP) is 3.16. The Hall–Kier alpha value is -2.38. The molecule has 21 heavy (non-hydrogen) atoms. The summed E-state index contributed by atoms with van der Waals surface area (Å²) in [6.45, 7) is 2.04. The number of rotatable bonds is 3. The average Bonchev–Trinajstić information content (AvgIpc) is 2.45. The second-order valence-corrected chi connectivity index (χ2v) is 4.51. The fourth-order valence-electron chi connectivity index (χ4n) is 1.83. The lowest BCUT2D eigenvalue weighted by Gasteiger charge is -2.10. The molecule has 2 aromatic carbocycles. The second-order valence-electron chi connectivity index (χ2n) is 4.51. The van der Waals surface area contributed by atoms with Gasteiger partial charge in [0.1, 0.15) is 24.0 Å². The summed E-state index contributed by atoms with van der Waals surface area (Å²) < 4.78 is 32.4. The molecule has 0 unspecified atom stereocenters. The highest BCUT2D eigenvalue weighted by Crippen LogP contribution is 2.20. The molecule has 2 nitrogen and oxygen atoms in total. The van der Waals surface area contributed by atoms with E-state index in [-0.39, 0.29) is 19.0 Å². The number of halogens is 2. The Morgan fingerprint density at radius 3 is 2.62 bits per heavy atom. The summed E-state index contributed by atoms with van der Waals surface area (Å²) in [5, 5.41) is 0. The maximum atomic E-state index is 13.9. The van der Waals surface area contributed by atoms with Crippen molar-refractivity contribution in [3.8, 4) is 17.6 Å². The lowest BCUT2D eigenvalue weighted by atomic mass is 10.1. The summed E-state index contributed by atoms with van der Waals surface area (Å²) in [4.78, 5) is 0. The first-order valence-corrected chi connectivity index (χ1v) is 6.46. The summed E-state index contributed by atoms with van der Waals surface area (Å²) in [5.74, 6) is 5.25. The fourth-order valence-corrected chi connectivity index (χ4v) is 1.83. The lowest BCUT2D eigenvalue weighted by Crippen LogP contribution is -2.00. The van der Waals surface area contributed by atoms with Crippen LogP contribution in [0.1, 0.15) is 16.7 Å². The van der Waals surface area contributed by atoms with Crippen LogP contribution in [0.5, 0.6) is 5.75 Å². The van der Waals surface area contributed by atoms with Crippen molar-refractivity contribution in [3.05, 3.63) is 64.7 Å². The van der Waals surface area contributed by atoms with Crippen LogP contribution in [0.3, 0.4) is 0 Å². The molecule has 0 bridgehead atoms. The topological polar surface area (TPSA) is 35.2 Å². The normalized spacial score (nSPS) is 9.90. The number of aryl methyl sites for hydroxylation is 1. The zero-order valence-electron chi connectivity index (χ0n) is 11.6. The molecule has 2 rings (SSSR count). The van der Waals surface area contributed by atoms with Gasteiger partial charge < -0.3 is 10.5 Å². The molecule has 0 fully saturated rings. The van der Waals surface area contributed by atoms with Crippen molar-refractivity contribution in [2.24, 2.45) is 5.73 Å². The van der Waals surface area contributed by atoms with Gasteiger partial charge in [-0.15, -0.1) is 0 Å². The third-order valence-electron chi connectivity index (χ3n) is 2.91. The van der Waals surface area contributed by atoms with Gasteiger partial charge in [0.25, 0.3) is 0 Å². The van der Waals surface area contributed by atoms with Gasteiger partial charge >= 0.3 is 0 Å². The largest absolute Gasteiger partial charge is 0.489 e. The van der Waals surface area contributed by atoms with Gasteiger partial charge in [-0.05, 0) is 42.8 Å². The minimum absolute atomic E-state index is 0.0723. The van der Waals surface area contributed by atoms with Crippen molar-refractivity contribution in [2.75, 3.05) is 6.54 Å². The minimum Gasteiger partial charge on any atom is -0.489 e. The first-order valence-electron chi connectivity index (χ1n) is 6.46. The van der Waals surface area contributed by atoms with E-state index in [0.29, 0.717) is 22.4 Å². The third kappa shape index (κ3) is 4.04. The molecule has 0 heterocycles. The Balaban J connectivity index is 2.09. The lowest BCUT2D eigenvalue weighted by molar-refractivity contribution is 0.297. The first-order chi connectivity index (χ1) is 10.1. The molecule has 0 aliphatic carbocycles. The van der Waals surface area contributed by atoms with Gasteiger partial charge in [0.2, 0.25) is 0 Å². The fraction of sp³-hybridized carbons (Fsp3) is 0.176. The van der Waals surface area contributed by atoms with E-state index in [0.717, 1.165) is 0 Å². The first kappa shape index (κ1) is 15.0. The van der Waals surface area contributed by atoms with Crippen LogP contribution < -0.4 is 10.5 Å². The number of ether oxygens (including phenoxy) is 1. The summed E-state index contributed by atoms with van der Waals surface area (Å²) in [6.07, 6.45) is 0. The Kier molecular flexibility index (Phi) is 4.91. The van der Waals surface area contributed by atoms with Crippen molar-refractivity contribution in [3.63, 3.8) is 0 Å². The highest BCUT2D eigenvalue weighted by atomic mass is 19.1. The van der Waals surface area contributed by atoms with Crippen molar-refractivity contribution >= 4 is 0 Å². The van der Waals surface area contributed by atoms with Gasteiger partial charge in [0.15, 0.2) is 0 Å². The molecular formula is C17H15F2NO. The number of hydrogen-bond acceptors (Lipinski definition) is 2. The summed E-state index contributed by atoms with van der Waals surface area (Å²) in [7, 11) is 0. The summed E-state index contributed by atoms with van der Waals surface area (Å²) in [6, 6.07) is 8.89. The van der Waals surface area contributed by atoms with Crippen molar-refractivity contribution in [2.45, 2.75) is 13.5 Å². The van der Waals surface area contributed by atoms with E-state index in [1.807, 2.05) is 0 Å². The van der Waals surface area contributed by atoms with E-state index >= 15 is 0 Å². The highest BCUT2D eigenvalue weighted by Gasteiger charge is 2.06. The van der Waals surface area contributed by atoms with E-state index in [4.69, 9.17) is 10.5 Å². The molecular weight excluding hydrogens is 272 g/mol. The number of nitrogens with two attached hydrogens (primary N) is 1. The van der Waals surface area contributed by atoms with Gasteiger partial charge in [0.05, 0.1) is 6.54 Å².